The number of rotatable bonds is 9. The number of halogens is 3. The molecule has 0 aromatic carbocycles. The normalized spacial score (nSPS) is 15.6. The van der Waals surface area contributed by atoms with Crippen LogP contribution < -0.4 is 0 Å². The molecule has 2 atom stereocenters. The molecule has 0 saturated heterocycles. The van der Waals surface area contributed by atoms with Crippen molar-refractivity contribution >= 4 is 34.8 Å². The van der Waals surface area contributed by atoms with Crippen LogP contribution >= 0.6 is 34.8 Å². The summed E-state index contributed by atoms with van der Waals surface area (Å²) in [7, 11) is 0. The fraction of sp³-hybridized carbons (Fsp3) is 1.00. The minimum atomic E-state index is -1.54. The first kappa shape index (κ1) is 15.8. The zero-order chi connectivity index (χ0) is 11.7. The van der Waals surface area contributed by atoms with Crippen LogP contribution in [0.15, 0.2) is 0 Å². The van der Waals surface area contributed by atoms with Crippen molar-refractivity contribution in [1.29, 1.82) is 0 Å². The number of hydrogen-bond acceptors (Lipinski definition) is 2. The fourth-order valence-electron chi connectivity index (χ4n) is 1.31. The first-order valence-electron chi connectivity index (χ1n) is 5.30. The Bertz CT molecular complexity index is 145. The fourth-order valence-corrected chi connectivity index (χ4v) is 1.91. The van der Waals surface area contributed by atoms with Crippen LogP contribution in [0.3, 0.4) is 0 Å². The molecule has 15 heavy (non-hydrogen) atoms. The first-order chi connectivity index (χ1) is 7.09. The lowest BCUT2D eigenvalue weighted by atomic mass is 10.1. The molecule has 0 aromatic rings. The second kappa shape index (κ2) is 9.98. The van der Waals surface area contributed by atoms with Gasteiger partial charge in [0.2, 0.25) is 0 Å². The zero-order valence-corrected chi connectivity index (χ0v) is 11.0. The quantitative estimate of drug-likeness (QED) is 0.386. The van der Waals surface area contributed by atoms with Gasteiger partial charge in [0.05, 0.1) is 5.38 Å². The third-order valence-electron chi connectivity index (χ3n) is 2.24. The Hall–Kier alpha value is 0.790. The van der Waals surface area contributed by atoms with Crippen molar-refractivity contribution in [2.75, 3.05) is 5.88 Å². The van der Waals surface area contributed by atoms with E-state index in [0.29, 0.717) is 6.42 Å². The average Bonchev–Trinajstić information content (AvgIpc) is 2.21. The molecule has 0 radical (unpaired) electrons. The van der Waals surface area contributed by atoms with Crippen molar-refractivity contribution in [2.45, 2.75) is 55.6 Å². The highest BCUT2D eigenvalue weighted by Crippen LogP contribution is 2.19. The van der Waals surface area contributed by atoms with E-state index in [1.165, 1.54) is 0 Å². The summed E-state index contributed by atoms with van der Waals surface area (Å²) >= 11 is 17.1. The SMILES string of the molecule is OC(O)C(Cl)C(Cl)CCCCCCCCl. The molecule has 0 aliphatic carbocycles. The van der Waals surface area contributed by atoms with Crippen LogP contribution in [0.2, 0.25) is 0 Å². The maximum Gasteiger partial charge on any atom is 0.169 e. The molecule has 0 aliphatic rings. The van der Waals surface area contributed by atoms with Crippen molar-refractivity contribution in [3.8, 4) is 0 Å². The summed E-state index contributed by atoms with van der Waals surface area (Å²) in [5, 5.41) is 16.4. The van der Waals surface area contributed by atoms with E-state index in [1.807, 2.05) is 0 Å². The van der Waals surface area contributed by atoms with Crippen LogP contribution in [0.1, 0.15) is 38.5 Å². The largest absolute Gasteiger partial charge is 0.367 e. The molecule has 0 rings (SSSR count). The van der Waals surface area contributed by atoms with Crippen LogP contribution in [0.4, 0.5) is 0 Å². The van der Waals surface area contributed by atoms with Gasteiger partial charge in [0.25, 0.3) is 0 Å². The molecule has 0 heterocycles. The molecule has 2 nitrogen and oxygen atoms in total. The molecule has 0 aromatic heterocycles. The van der Waals surface area contributed by atoms with Crippen LogP contribution in [0, 0.1) is 0 Å². The number of alkyl halides is 3. The molecule has 0 fully saturated rings. The topological polar surface area (TPSA) is 40.5 Å². The molecular formula is C10H19Cl3O2. The number of unbranched alkanes of at least 4 members (excludes halogenated alkanes) is 4. The molecular weight excluding hydrogens is 258 g/mol. The smallest absolute Gasteiger partial charge is 0.169 e. The van der Waals surface area contributed by atoms with Gasteiger partial charge in [0.15, 0.2) is 6.29 Å². The maximum absolute atomic E-state index is 8.79. The van der Waals surface area contributed by atoms with Gasteiger partial charge in [-0.3, -0.25) is 0 Å². The van der Waals surface area contributed by atoms with Crippen LogP contribution in [0.5, 0.6) is 0 Å². The lowest BCUT2D eigenvalue weighted by molar-refractivity contribution is -0.0424. The van der Waals surface area contributed by atoms with E-state index in [0.717, 1.165) is 38.0 Å². The second-order valence-corrected chi connectivity index (χ2v) is 5.06. The van der Waals surface area contributed by atoms with Crippen molar-refractivity contribution in [3.63, 3.8) is 0 Å². The standard InChI is InChI=1S/C10H19Cl3O2/c11-7-5-3-1-2-4-6-8(12)9(13)10(14)15/h8-10,14-15H,1-7H2. The van der Waals surface area contributed by atoms with Gasteiger partial charge in [0, 0.05) is 5.88 Å². The summed E-state index contributed by atoms with van der Waals surface area (Å²) in [5.74, 6) is 0.721. The van der Waals surface area contributed by atoms with E-state index < -0.39 is 11.7 Å². The number of aliphatic hydroxyl groups excluding tert-OH is 1. The van der Waals surface area contributed by atoms with E-state index in [-0.39, 0.29) is 5.38 Å². The van der Waals surface area contributed by atoms with Gasteiger partial charge in [-0.05, 0) is 12.8 Å². The molecule has 2 unspecified atom stereocenters. The summed E-state index contributed by atoms with van der Waals surface area (Å²) < 4.78 is 0. The second-order valence-electron chi connectivity index (χ2n) is 3.62. The highest BCUT2D eigenvalue weighted by Gasteiger charge is 2.22. The van der Waals surface area contributed by atoms with Gasteiger partial charge < -0.3 is 10.2 Å². The zero-order valence-electron chi connectivity index (χ0n) is 8.71. The third-order valence-corrected chi connectivity index (χ3v) is 3.66. The predicted molar refractivity (Wildman–Crippen MR) is 65.9 cm³/mol. The van der Waals surface area contributed by atoms with Gasteiger partial charge in [-0.2, -0.15) is 0 Å². The molecule has 2 N–H and O–H groups in total. The molecule has 0 saturated carbocycles. The summed E-state index contributed by atoms with van der Waals surface area (Å²) in [6, 6.07) is 0. The Morgan fingerprint density at radius 2 is 1.40 bits per heavy atom. The van der Waals surface area contributed by atoms with Gasteiger partial charge in [0.1, 0.15) is 5.38 Å². The Balaban J connectivity index is 3.34. The monoisotopic (exact) mass is 276 g/mol. The summed E-state index contributed by atoms with van der Waals surface area (Å²) in [6.45, 7) is 0. The Labute approximate surface area is 107 Å². The first-order valence-corrected chi connectivity index (χ1v) is 6.70. The Kier molecular flexibility index (Phi) is 10.5. The maximum atomic E-state index is 8.79. The number of aliphatic hydroxyl groups is 2. The molecule has 5 heteroatoms. The summed E-state index contributed by atoms with van der Waals surface area (Å²) in [6.07, 6.45) is 4.57. The van der Waals surface area contributed by atoms with E-state index >= 15 is 0 Å². The van der Waals surface area contributed by atoms with Crippen molar-refractivity contribution in [1.82, 2.24) is 0 Å². The van der Waals surface area contributed by atoms with E-state index in [4.69, 9.17) is 45.0 Å². The van der Waals surface area contributed by atoms with Gasteiger partial charge in [-0.15, -0.1) is 34.8 Å². The van der Waals surface area contributed by atoms with E-state index in [1.54, 1.807) is 0 Å². The highest BCUT2D eigenvalue weighted by molar-refractivity contribution is 6.30. The third kappa shape index (κ3) is 8.58. The summed E-state index contributed by atoms with van der Waals surface area (Å²) in [4.78, 5) is 0. The molecule has 0 spiro atoms. The van der Waals surface area contributed by atoms with Crippen LogP contribution in [0.25, 0.3) is 0 Å². The van der Waals surface area contributed by atoms with Crippen LogP contribution in [-0.2, 0) is 0 Å². The van der Waals surface area contributed by atoms with Gasteiger partial charge in [-0.1, -0.05) is 25.7 Å². The molecule has 0 amide bonds. The van der Waals surface area contributed by atoms with Gasteiger partial charge in [-0.25, -0.2) is 0 Å². The highest BCUT2D eigenvalue weighted by atomic mass is 35.5. The lowest BCUT2D eigenvalue weighted by Gasteiger charge is -2.17. The predicted octanol–water partition coefficient (Wildman–Crippen LogP) is 3.09. The molecule has 0 bridgehead atoms. The van der Waals surface area contributed by atoms with E-state index in [9.17, 15) is 0 Å². The Morgan fingerprint density at radius 1 is 0.867 bits per heavy atom. The Morgan fingerprint density at radius 3 is 1.93 bits per heavy atom. The van der Waals surface area contributed by atoms with E-state index in [2.05, 4.69) is 0 Å². The van der Waals surface area contributed by atoms with Crippen molar-refractivity contribution in [3.05, 3.63) is 0 Å². The number of hydrogen-bond donors (Lipinski definition) is 2. The average molecular weight is 278 g/mol. The van der Waals surface area contributed by atoms with Crippen molar-refractivity contribution < 1.29 is 10.2 Å². The minimum absolute atomic E-state index is 0.375. The van der Waals surface area contributed by atoms with Crippen molar-refractivity contribution in [2.24, 2.45) is 0 Å². The van der Waals surface area contributed by atoms with Crippen LogP contribution in [-0.4, -0.2) is 33.1 Å². The molecule has 0 aliphatic heterocycles. The molecule has 92 valence electrons. The van der Waals surface area contributed by atoms with Gasteiger partial charge >= 0.3 is 0 Å². The summed E-state index contributed by atoms with van der Waals surface area (Å²) in [5.41, 5.74) is 0. The minimum Gasteiger partial charge on any atom is -0.367 e. The lowest BCUT2D eigenvalue weighted by Crippen LogP contribution is -2.29.